The van der Waals surface area contributed by atoms with Gasteiger partial charge in [-0.15, -0.1) is 0 Å². The molecule has 0 heterocycles. The third kappa shape index (κ3) is 0.568. The zero-order chi connectivity index (χ0) is 5.61. The normalized spacial score (nSPS) is 51.4. The molecule has 0 aromatic rings. The molecular weight excluding hydrogens is 211 g/mol. The molecular formula is C7H11I. The van der Waals surface area contributed by atoms with Gasteiger partial charge in [0.05, 0.1) is 0 Å². The van der Waals surface area contributed by atoms with Crippen LogP contribution in [-0.4, -0.2) is 4.43 Å². The van der Waals surface area contributed by atoms with Gasteiger partial charge in [-0.05, 0) is 30.6 Å². The molecule has 2 atom stereocenters. The van der Waals surface area contributed by atoms with Crippen LogP contribution in [0, 0.1) is 11.3 Å². The van der Waals surface area contributed by atoms with Crippen molar-refractivity contribution in [3.63, 3.8) is 0 Å². The number of hydrogen-bond acceptors (Lipinski definition) is 0. The van der Waals surface area contributed by atoms with Crippen LogP contribution >= 0.6 is 22.6 Å². The Bertz CT molecular complexity index is 107. The van der Waals surface area contributed by atoms with E-state index in [1.807, 2.05) is 0 Å². The van der Waals surface area contributed by atoms with Crippen molar-refractivity contribution in [2.24, 2.45) is 11.3 Å². The van der Waals surface area contributed by atoms with E-state index in [4.69, 9.17) is 0 Å². The number of halogens is 1. The van der Waals surface area contributed by atoms with Crippen molar-refractivity contribution in [2.75, 3.05) is 4.43 Å². The van der Waals surface area contributed by atoms with E-state index in [1.54, 1.807) is 19.3 Å². The van der Waals surface area contributed by atoms with Crippen molar-refractivity contribution in [1.29, 1.82) is 0 Å². The molecule has 0 N–H and O–H groups in total. The summed E-state index contributed by atoms with van der Waals surface area (Å²) in [7, 11) is 0. The van der Waals surface area contributed by atoms with Crippen LogP contribution in [0.25, 0.3) is 0 Å². The molecule has 2 unspecified atom stereocenters. The van der Waals surface area contributed by atoms with Crippen LogP contribution in [-0.2, 0) is 0 Å². The molecule has 0 bridgehead atoms. The van der Waals surface area contributed by atoms with Gasteiger partial charge >= 0.3 is 0 Å². The molecule has 0 aromatic heterocycles. The minimum absolute atomic E-state index is 0.889. The minimum atomic E-state index is 0.889. The van der Waals surface area contributed by atoms with Gasteiger partial charge in [-0.1, -0.05) is 29.0 Å². The number of alkyl halides is 1. The Hall–Kier alpha value is 0.730. The smallest absolute Gasteiger partial charge is 0.00547 e. The Morgan fingerprint density at radius 3 is 2.75 bits per heavy atom. The zero-order valence-electron chi connectivity index (χ0n) is 4.99. The van der Waals surface area contributed by atoms with Gasteiger partial charge in [0.1, 0.15) is 0 Å². The summed E-state index contributed by atoms with van der Waals surface area (Å²) in [5, 5.41) is 0. The highest BCUT2D eigenvalue weighted by Gasteiger charge is 2.55. The lowest BCUT2D eigenvalue weighted by Crippen LogP contribution is -1.97. The molecule has 0 aliphatic heterocycles. The molecule has 0 spiro atoms. The summed E-state index contributed by atoms with van der Waals surface area (Å²) >= 11 is 2.55. The first-order valence-electron chi connectivity index (χ1n) is 3.43. The molecule has 46 valence electrons. The standard InChI is InChI=1S/C7H11I/c8-5-7-3-1-2-6(7)4-7/h6H,1-5H2. The molecule has 0 radical (unpaired) electrons. The quantitative estimate of drug-likeness (QED) is 0.472. The molecule has 0 amide bonds. The summed E-state index contributed by atoms with van der Waals surface area (Å²) in [4.78, 5) is 0. The molecule has 2 aliphatic rings. The fraction of sp³-hybridized carbons (Fsp3) is 1.00. The van der Waals surface area contributed by atoms with Gasteiger partial charge in [0.2, 0.25) is 0 Å². The lowest BCUT2D eigenvalue weighted by atomic mass is 10.1. The van der Waals surface area contributed by atoms with Gasteiger partial charge in [0.25, 0.3) is 0 Å². The SMILES string of the molecule is ICC12CCCC1C2. The second-order valence-electron chi connectivity index (χ2n) is 3.29. The van der Waals surface area contributed by atoms with E-state index in [1.165, 1.54) is 16.8 Å². The predicted molar refractivity (Wildman–Crippen MR) is 43.3 cm³/mol. The summed E-state index contributed by atoms with van der Waals surface area (Å²) < 4.78 is 1.43. The van der Waals surface area contributed by atoms with Crippen LogP contribution in [0.4, 0.5) is 0 Å². The van der Waals surface area contributed by atoms with Gasteiger partial charge < -0.3 is 0 Å². The van der Waals surface area contributed by atoms with Crippen molar-refractivity contribution in [2.45, 2.75) is 25.7 Å². The Labute approximate surface area is 64.2 Å². The first kappa shape index (κ1) is 5.51. The highest BCUT2D eigenvalue weighted by Crippen LogP contribution is 2.64. The largest absolute Gasteiger partial charge is 0.0858 e. The van der Waals surface area contributed by atoms with Crippen LogP contribution in [0.3, 0.4) is 0 Å². The average Bonchev–Trinajstić information content (AvgIpc) is 2.38. The fourth-order valence-corrected chi connectivity index (χ4v) is 3.39. The summed E-state index contributed by atoms with van der Waals surface area (Å²) in [6, 6.07) is 0. The van der Waals surface area contributed by atoms with Gasteiger partial charge in [-0.25, -0.2) is 0 Å². The molecule has 0 nitrogen and oxygen atoms in total. The second-order valence-corrected chi connectivity index (χ2v) is 4.05. The van der Waals surface area contributed by atoms with Crippen molar-refractivity contribution in [1.82, 2.24) is 0 Å². The van der Waals surface area contributed by atoms with Crippen molar-refractivity contribution in [3.8, 4) is 0 Å². The van der Waals surface area contributed by atoms with Gasteiger partial charge in [-0.3, -0.25) is 0 Å². The molecule has 0 saturated heterocycles. The van der Waals surface area contributed by atoms with Crippen LogP contribution in [0.1, 0.15) is 25.7 Å². The minimum Gasteiger partial charge on any atom is -0.0858 e. The van der Waals surface area contributed by atoms with E-state index in [0.29, 0.717) is 0 Å². The predicted octanol–water partition coefficient (Wildman–Crippen LogP) is 2.61. The highest BCUT2D eigenvalue weighted by molar-refractivity contribution is 14.1. The summed E-state index contributed by atoms with van der Waals surface area (Å²) in [6.07, 6.45) is 6.17. The molecule has 1 heteroatoms. The van der Waals surface area contributed by atoms with Crippen LogP contribution in [0.2, 0.25) is 0 Å². The van der Waals surface area contributed by atoms with Gasteiger partial charge in [-0.2, -0.15) is 0 Å². The van der Waals surface area contributed by atoms with E-state index in [2.05, 4.69) is 22.6 Å². The van der Waals surface area contributed by atoms with Gasteiger partial charge in [0, 0.05) is 4.43 Å². The average molecular weight is 222 g/mol. The van der Waals surface area contributed by atoms with Crippen molar-refractivity contribution < 1.29 is 0 Å². The van der Waals surface area contributed by atoms with Gasteiger partial charge in [0.15, 0.2) is 0 Å². The van der Waals surface area contributed by atoms with Crippen LogP contribution in [0.15, 0.2) is 0 Å². The number of hydrogen-bond donors (Lipinski definition) is 0. The molecule has 2 aliphatic carbocycles. The Kier molecular flexibility index (Phi) is 1.11. The van der Waals surface area contributed by atoms with E-state index in [9.17, 15) is 0 Å². The van der Waals surface area contributed by atoms with Crippen molar-refractivity contribution in [3.05, 3.63) is 0 Å². The Morgan fingerprint density at radius 2 is 2.50 bits per heavy atom. The Balaban J connectivity index is 2.08. The third-order valence-corrected chi connectivity index (χ3v) is 4.37. The van der Waals surface area contributed by atoms with Crippen LogP contribution < -0.4 is 0 Å². The van der Waals surface area contributed by atoms with Crippen LogP contribution in [0.5, 0.6) is 0 Å². The maximum absolute atomic E-state index is 2.55. The third-order valence-electron chi connectivity index (χ3n) is 2.85. The van der Waals surface area contributed by atoms with E-state index in [-0.39, 0.29) is 0 Å². The fourth-order valence-electron chi connectivity index (χ4n) is 2.08. The lowest BCUT2D eigenvalue weighted by Gasteiger charge is -2.02. The van der Waals surface area contributed by atoms with Crippen molar-refractivity contribution >= 4 is 22.6 Å². The first-order chi connectivity index (χ1) is 3.87. The maximum atomic E-state index is 2.55. The second kappa shape index (κ2) is 1.61. The maximum Gasteiger partial charge on any atom is 0.00547 e. The monoisotopic (exact) mass is 222 g/mol. The molecule has 2 fully saturated rings. The summed E-state index contributed by atoms with van der Waals surface area (Å²) in [5.74, 6) is 1.17. The Morgan fingerprint density at radius 1 is 1.62 bits per heavy atom. The van der Waals surface area contributed by atoms with E-state index >= 15 is 0 Å². The number of rotatable bonds is 1. The summed E-state index contributed by atoms with van der Waals surface area (Å²) in [5.41, 5.74) is 0.889. The van der Waals surface area contributed by atoms with E-state index in [0.717, 1.165) is 5.41 Å². The summed E-state index contributed by atoms with van der Waals surface area (Å²) in [6.45, 7) is 0. The lowest BCUT2D eigenvalue weighted by molar-refractivity contribution is 0.567. The van der Waals surface area contributed by atoms with E-state index < -0.39 is 0 Å². The topological polar surface area (TPSA) is 0 Å². The number of fused-ring (bicyclic) bond motifs is 1. The molecule has 2 saturated carbocycles. The molecule has 8 heavy (non-hydrogen) atoms. The highest BCUT2D eigenvalue weighted by atomic mass is 127. The zero-order valence-corrected chi connectivity index (χ0v) is 7.15. The molecule has 0 aromatic carbocycles. The molecule has 2 rings (SSSR count). The first-order valence-corrected chi connectivity index (χ1v) is 4.96.